The Kier molecular flexibility index (Phi) is 13.0. The Balaban J connectivity index is 0.00000225. The molecule has 0 bridgehead atoms. The fraction of sp³-hybridized carbons (Fsp3) is 0.550. The fourth-order valence-electron chi connectivity index (χ4n) is 3.64. The molecule has 0 saturated carbocycles. The van der Waals surface area contributed by atoms with Crippen LogP contribution in [0.15, 0.2) is 24.3 Å². The van der Waals surface area contributed by atoms with Crippen LogP contribution in [0.5, 0.6) is 0 Å². The van der Waals surface area contributed by atoms with Gasteiger partial charge in [-0.1, -0.05) is 25.1 Å². The summed E-state index contributed by atoms with van der Waals surface area (Å²) in [6.07, 6.45) is 5.95. The number of hydrogen-bond acceptors (Lipinski definition) is 3. The van der Waals surface area contributed by atoms with Gasteiger partial charge in [0.25, 0.3) is 0 Å². The van der Waals surface area contributed by atoms with Crippen molar-refractivity contribution >= 4 is 53.0 Å². The predicted molar refractivity (Wildman–Crippen MR) is 122 cm³/mol. The third kappa shape index (κ3) is 6.65. The van der Waals surface area contributed by atoms with Crippen molar-refractivity contribution < 1.29 is 5.48 Å². The van der Waals surface area contributed by atoms with Gasteiger partial charge in [-0.3, -0.25) is 4.98 Å². The highest BCUT2D eigenvalue weighted by atomic mass is 35.5. The Bertz CT molecular complexity index is 685. The van der Waals surface area contributed by atoms with Gasteiger partial charge in [-0.15, -0.1) is 36.4 Å². The van der Waals surface area contributed by atoms with Crippen LogP contribution in [0.4, 0.5) is 5.69 Å². The summed E-state index contributed by atoms with van der Waals surface area (Å²) < 4.78 is 0. The number of rotatable bonds is 8. The van der Waals surface area contributed by atoms with Crippen molar-refractivity contribution in [3.05, 3.63) is 35.5 Å². The molecule has 4 nitrogen and oxygen atoms in total. The van der Waals surface area contributed by atoms with Gasteiger partial charge in [0.05, 0.1) is 5.52 Å². The molecule has 1 aromatic carbocycles. The molecule has 0 spiro atoms. The minimum Gasteiger partial charge on any atom is -0.412 e. The number of alkyl halides is 1. The Morgan fingerprint density at radius 3 is 2.59 bits per heavy atom. The van der Waals surface area contributed by atoms with Crippen molar-refractivity contribution in [2.24, 2.45) is 0 Å². The molecule has 0 amide bonds. The second kappa shape index (κ2) is 13.4. The second-order valence-electron chi connectivity index (χ2n) is 6.54. The van der Waals surface area contributed by atoms with Gasteiger partial charge in [0.15, 0.2) is 0 Å². The number of hydrogen-bond donors (Lipinski definition) is 1. The van der Waals surface area contributed by atoms with Crippen LogP contribution in [0.1, 0.15) is 37.4 Å². The molecule has 3 N–H and O–H groups in total. The maximum Gasteiger partial charge on any atom is 0.0726 e. The van der Waals surface area contributed by atoms with Crippen molar-refractivity contribution in [3.63, 3.8) is 0 Å². The molecule has 27 heavy (non-hydrogen) atoms. The van der Waals surface area contributed by atoms with E-state index in [1.165, 1.54) is 35.2 Å². The molecule has 0 fully saturated rings. The number of halogens is 3. The second-order valence-corrected chi connectivity index (χ2v) is 6.92. The number of pyridine rings is 1. The molecule has 7 heteroatoms. The van der Waals surface area contributed by atoms with Crippen molar-refractivity contribution in [1.29, 1.82) is 0 Å². The van der Waals surface area contributed by atoms with Crippen LogP contribution in [-0.2, 0) is 12.8 Å². The molecule has 2 aromatic rings. The maximum absolute atomic E-state index is 5.86. The first-order valence-corrected chi connectivity index (χ1v) is 9.79. The zero-order valence-electron chi connectivity index (χ0n) is 16.0. The Labute approximate surface area is 180 Å². The molecule has 1 aliphatic carbocycles. The van der Waals surface area contributed by atoms with Gasteiger partial charge in [-0.05, 0) is 56.8 Å². The van der Waals surface area contributed by atoms with Gasteiger partial charge in [0, 0.05) is 35.7 Å². The number of aryl methyl sites for hydroxylation is 1. The molecular weight excluding hydrogens is 405 g/mol. The molecule has 3 rings (SSSR count). The number of aromatic nitrogens is 1. The largest absolute Gasteiger partial charge is 0.412 e. The van der Waals surface area contributed by atoms with E-state index in [1.54, 1.807) is 0 Å². The molecule has 0 radical (unpaired) electrons. The first-order chi connectivity index (χ1) is 11.8. The van der Waals surface area contributed by atoms with E-state index >= 15 is 0 Å². The highest BCUT2D eigenvalue weighted by Crippen LogP contribution is 2.33. The van der Waals surface area contributed by atoms with Crippen LogP contribution < -0.4 is 5.32 Å². The summed E-state index contributed by atoms with van der Waals surface area (Å²) in [7, 11) is 0. The summed E-state index contributed by atoms with van der Waals surface area (Å²) in [6.45, 7) is 6.35. The van der Waals surface area contributed by atoms with E-state index in [1.807, 2.05) is 0 Å². The van der Waals surface area contributed by atoms with Crippen molar-refractivity contribution in [2.45, 2.75) is 39.0 Å². The van der Waals surface area contributed by atoms with Gasteiger partial charge in [0.2, 0.25) is 0 Å². The summed E-state index contributed by atoms with van der Waals surface area (Å²) in [5, 5.41) is 5.01. The Morgan fingerprint density at radius 2 is 1.85 bits per heavy atom. The van der Waals surface area contributed by atoms with Crippen molar-refractivity contribution in [3.8, 4) is 0 Å². The zero-order valence-corrected chi connectivity index (χ0v) is 18.4. The number of anilines is 1. The lowest BCUT2D eigenvalue weighted by atomic mass is 9.92. The maximum atomic E-state index is 5.86. The third-order valence-electron chi connectivity index (χ3n) is 4.97. The standard InChI is InChI=1S/C20H28ClN3.2ClH.H2O/c1-2-24(15-12-21)14-7-13-22-20-16-8-3-5-10-18(16)23-19-11-6-4-9-17(19)20;;;/h3,5,8,10H,2,4,6-7,9,11-15H2,1H3,(H,22,23);2*1H;1H2. The van der Waals surface area contributed by atoms with Gasteiger partial charge in [-0.25, -0.2) is 0 Å². The van der Waals surface area contributed by atoms with Crippen molar-refractivity contribution in [1.82, 2.24) is 9.88 Å². The minimum atomic E-state index is 0. The average Bonchev–Trinajstić information content (AvgIpc) is 2.63. The lowest BCUT2D eigenvalue weighted by Gasteiger charge is -2.23. The van der Waals surface area contributed by atoms with Gasteiger partial charge in [-0.2, -0.15) is 0 Å². The summed E-state index contributed by atoms with van der Waals surface area (Å²) in [5.41, 5.74) is 5.21. The van der Waals surface area contributed by atoms with Crippen LogP contribution in [0.2, 0.25) is 0 Å². The average molecular weight is 437 g/mol. The van der Waals surface area contributed by atoms with Crippen LogP contribution in [0, 0.1) is 0 Å². The van der Waals surface area contributed by atoms with E-state index in [-0.39, 0.29) is 30.3 Å². The van der Waals surface area contributed by atoms with Crippen molar-refractivity contribution in [2.75, 3.05) is 37.4 Å². The lowest BCUT2D eigenvalue weighted by Crippen LogP contribution is -2.28. The first-order valence-electron chi connectivity index (χ1n) is 9.26. The molecule has 154 valence electrons. The molecule has 0 aliphatic heterocycles. The first kappa shape index (κ1) is 26.2. The number of fused-ring (bicyclic) bond motifs is 2. The Hall–Kier alpha value is -0.780. The highest BCUT2D eigenvalue weighted by Gasteiger charge is 2.17. The minimum absolute atomic E-state index is 0. The zero-order chi connectivity index (χ0) is 16.8. The number of nitrogens with one attached hydrogen (secondary N) is 1. The van der Waals surface area contributed by atoms with Crippen LogP contribution in [-0.4, -0.2) is 47.4 Å². The van der Waals surface area contributed by atoms with Gasteiger partial charge < -0.3 is 15.7 Å². The van der Waals surface area contributed by atoms with Crippen LogP contribution >= 0.6 is 36.4 Å². The van der Waals surface area contributed by atoms with E-state index in [4.69, 9.17) is 16.6 Å². The molecule has 1 aromatic heterocycles. The predicted octanol–water partition coefficient (Wildman–Crippen LogP) is 4.50. The number of para-hydroxylation sites is 1. The fourth-order valence-corrected chi connectivity index (χ4v) is 3.88. The summed E-state index contributed by atoms with van der Waals surface area (Å²) in [4.78, 5) is 7.32. The van der Waals surface area contributed by atoms with E-state index in [9.17, 15) is 0 Å². The SMILES string of the molecule is CCN(CCCl)CCCNc1c2c(nc3ccccc13)CCCC2.Cl.Cl.O. The number of nitrogens with zero attached hydrogens (tertiary/aromatic N) is 2. The smallest absolute Gasteiger partial charge is 0.0726 e. The van der Waals surface area contributed by atoms with Crippen LogP contribution in [0.25, 0.3) is 10.9 Å². The summed E-state index contributed by atoms with van der Waals surface area (Å²) in [6, 6.07) is 8.53. The van der Waals surface area contributed by atoms with E-state index < -0.39 is 0 Å². The monoisotopic (exact) mass is 435 g/mol. The van der Waals surface area contributed by atoms with Gasteiger partial charge in [0.1, 0.15) is 0 Å². The molecular formula is C20H32Cl3N3O. The normalized spacial score (nSPS) is 12.6. The van der Waals surface area contributed by atoms with E-state index in [2.05, 4.69) is 41.4 Å². The molecule has 1 heterocycles. The van der Waals surface area contributed by atoms with Gasteiger partial charge >= 0.3 is 0 Å². The summed E-state index contributed by atoms with van der Waals surface area (Å²) >= 11 is 5.86. The molecule has 0 saturated heterocycles. The topological polar surface area (TPSA) is 59.7 Å². The summed E-state index contributed by atoms with van der Waals surface area (Å²) in [5.74, 6) is 0.712. The molecule has 0 atom stereocenters. The highest BCUT2D eigenvalue weighted by molar-refractivity contribution is 6.18. The third-order valence-corrected chi connectivity index (χ3v) is 5.14. The number of benzene rings is 1. The lowest BCUT2D eigenvalue weighted by molar-refractivity contribution is 0.304. The van der Waals surface area contributed by atoms with Crippen LogP contribution in [0.3, 0.4) is 0 Å². The molecule has 0 unspecified atom stereocenters. The molecule has 1 aliphatic rings. The van der Waals surface area contributed by atoms with E-state index in [0.717, 1.165) is 51.0 Å². The quantitative estimate of drug-likeness (QED) is 0.490. The Morgan fingerprint density at radius 1 is 1.11 bits per heavy atom. The van der Waals surface area contributed by atoms with E-state index in [0.29, 0.717) is 5.88 Å².